The van der Waals surface area contributed by atoms with Gasteiger partial charge in [0, 0.05) is 31.0 Å². The molecule has 0 amide bonds. The summed E-state index contributed by atoms with van der Waals surface area (Å²) in [5.74, 6) is 0. The number of pyridine rings is 1. The van der Waals surface area contributed by atoms with Gasteiger partial charge in [-0.1, -0.05) is 6.92 Å². The second kappa shape index (κ2) is 5.61. The van der Waals surface area contributed by atoms with Crippen molar-refractivity contribution in [1.29, 1.82) is 0 Å². The first kappa shape index (κ1) is 12.5. The molecule has 1 aromatic rings. The van der Waals surface area contributed by atoms with Crippen LogP contribution in [0.1, 0.15) is 43.4 Å². The van der Waals surface area contributed by atoms with Crippen LogP contribution in [0.25, 0.3) is 0 Å². The molecule has 2 unspecified atom stereocenters. The van der Waals surface area contributed by atoms with Crippen molar-refractivity contribution in [3.05, 3.63) is 29.6 Å². The van der Waals surface area contributed by atoms with Crippen molar-refractivity contribution >= 4 is 0 Å². The van der Waals surface area contributed by atoms with Crippen LogP contribution in [0.3, 0.4) is 0 Å². The summed E-state index contributed by atoms with van der Waals surface area (Å²) >= 11 is 0. The predicted octanol–water partition coefficient (Wildman–Crippen LogP) is 2.26. The van der Waals surface area contributed by atoms with E-state index in [1.165, 1.54) is 36.9 Å². The fourth-order valence-corrected chi connectivity index (χ4v) is 2.97. The molecule has 2 atom stereocenters. The number of aryl methyl sites for hydroxylation is 1. The maximum atomic E-state index is 6.00. The molecule has 0 aliphatic carbocycles. The summed E-state index contributed by atoms with van der Waals surface area (Å²) in [4.78, 5) is 6.83. The highest BCUT2D eigenvalue weighted by atomic mass is 15.2. The molecular weight excluding hydrogens is 210 g/mol. The van der Waals surface area contributed by atoms with E-state index in [0.29, 0.717) is 18.6 Å². The molecule has 2 heterocycles. The quantitative estimate of drug-likeness (QED) is 0.867. The van der Waals surface area contributed by atoms with Gasteiger partial charge in [-0.25, -0.2) is 0 Å². The van der Waals surface area contributed by atoms with Crippen LogP contribution in [0.5, 0.6) is 0 Å². The van der Waals surface area contributed by atoms with Crippen LogP contribution >= 0.6 is 0 Å². The molecule has 1 aliphatic rings. The Labute approximate surface area is 104 Å². The Kier molecular flexibility index (Phi) is 4.13. The third kappa shape index (κ3) is 2.50. The van der Waals surface area contributed by atoms with Crippen LogP contribution in [0.15, 0.2) is 18.5 Å². The molecule has 0 radical (unpaired) electrons. The molecule has 1 saturated heterocycles. The topological polar surface area (TPSA) is 42.1 Å². The molecule has 17 heavy (non-hydrogen) atoms. The lowest BCUT2D eigenvalue weighted by atomic mass is 10.0. The van der Waals surface area contributed by atoms with E-state index in [0.717, 1.165) is 0 Å². The molecule has 2 rings (SSSR count). The van der Waals surface area contributed by atoms with Crippen molar-refractivity contribution in [3.63, 3.8) is 0 Å². The third-order valence-corrected chi connectivity index (χ3v) is 3.96. The van der Waals surface area contributed by atoms with Gasteiger partial charge in [0.2, 0.25) is 0 Å². The van der Waals surface area contributed by atoms with E-state index in [1.807, 2.05) is 12.4 Å². The number of aromatic nitrogens is 1. The van der Waals surface area contributed by atoms with Crippen LogP contribution in [-0.4, -0.2) is 29.0 Å². The fraction of sp³-hybridized carbons (Fsp3) is 0.643. The summed E-state index contributed by atoms with van der Waals surface area (Å²) in [7, 11) is 0. The molecule has 2 N–H and O–H groups in total. The normalized spacial score (nSPS) is 22.9. The lowest BCUT2D eigenvalue weighted by molar-refractivity contribution is 0.179. The van der Waals surface area contributed by atoms with Gasteiger partial charge in [-0.3, -0.25) is 9.88 Å². The molecule has 0 saturated carbocycles. The van der Waals surface area contributed by atoms with Gasteiger partial charge < -0.3 is 5.73 Å². The first-order chi connectivity index (χ1) is 8.27. The smallest absolute Gasteiger partial charge is 0.0491 e. The average molecular weight is 233 g/mol. The summed E-state index contributed by atoms with van der Waals surface area (Å²) in [5.41, 5.74) is 8.61. The molecule has 3 heteroatoms. The Hall–Kier alpha value is -0.930. The Balaban J connectivity index is 2.24. The first-order valence-electron chi connectivity index (χ1n) is 6.64. The Morgan fingerprint density at radius 3 is 3.06 bits per heavy atom. The van der Waals surface area contributed by atoms with Gasteiger partial charge in [0.25, 0.3) is 0 Å². The first-order valence-corrected chi connectivity index (χ1v) is 6.64. The van der Waals surface area contributed by atoms with Crippen molar-refractivity contribution in [1.82, 2.24) is 9.88 Å². The molecule has 0 spiro atoms. The average Bonchev–Trinajstić information content (AvgIpc) is 2.81. The highest BCUT2D eigenvalue weighted by Crippen LogP contribution is 2.31. The zero-order chi connectivity index (χ0) is 12.3. The summed E-state index contributed by atoms with van der Waals surface area (Å²) in [5, 5.41) is 0. The zero-order valence-corrected chi connectivity index (χ0v) is 10.9. The van der Waals surface area contributed by atoms with E-state index >= 15 is 0 Å². The van der Waals surface area contributed by atoms with Crippen molar-refractivity contribution in [2.45, 2.75) is 45.2 Å². The second-order valence-corrected chi connectivity index (χ2v) is 4.93. The monoisotopic (exact) mass is 233 g/mol. The number of nitrogens with two attached hydrogens (primary N) is 1. The Morgan fingerprint density at radius 2 is 2.41 bits per heavy atom. The van der Waals surface area contributed by atoms with Gasteiger partial charge in [0.1, 0.15) is 0 Å². The minimum absolute atomic E-state index is 0.344. The van der Waals surface area contributed by atoms with Crippen molar-refractivity contribution in [3.8, 4) is 0 Å². The lowest BCUT2D eigenvalue weighted by Crippen LogP contribution is -2.37. The second-order valence-electron chi connectivity index (χ2n) is 4.93. The van der Waals surface area contributed by atoms with E-state index in [9.17, 15) is 0 Å². The van der Waals surface area contributed by atoms with Crippen molar-refractivity contribution < 1.29 is 0 Å². The van der Waals surface area contributed by atoms with Crippen LogP contribution in [0.2, 0.25) is 0 Å². The highest BCUT2D eigenvalue weighted by molar-refractivity contribution is 5.26. The number of likely N-dealkylation sites (tertiary alicyclic amines) is 1. The highest BCUT2D eigenvalue weighted by Gasteiger charge is 2.30. The van der Waals surface area contributed by atoms with Crippen molar-refractivity contribution in [2.24, 2.45) is 5.73 Å². The zero-order valence-electron chi connectivity index (χ0n) is 10.9. The third-order valence-electron chi connectivity index (χ3n) is 3.96. The van der Waals surface area contributed by atoms with Gasteiger partial charge >= 0.3 is 0 Å². The lowest BCUT2D eigenvalue weighted by Gasteiger charge is -2.32. The maximum absolute atomic E-state index is 6.00. The van der Waals surface area contributed by atoms with Crippen LogP contribution < -0.4 is 5.73 Å². The summed E-state index contributed by atoms with van der Waals surface area (Å²) in [6.07, 6.45) is 7.67. The van der Waals surface area contributed by atoms with Gasteiger partial charge in [-0.15, -0.1) is 0 Å². The Bertz CT molecular complexity index is 364. The molecule has 3 nitrogen and oxygen atoms in total. The van der Waals surface area contributed by atoms with E-state index in [2.05, 4.69) is 29.8 Å². The summed E-state index contributed by atoms with van der Waals surface area (Å²) in [6, 6.07) is 3.12. The van der Waals surface area contributed by atoms with Crippen LogP contribution in [-0.2, 0) is 0 Å². The molecule has 1 fully saturated rings. The standard InChI is InChI=1S/C14H23N3/c1-3-12-5-4-8-17(12)14(9-15)13-10-16-7-6-11(13)2/h6-7,10,12,14H,3-5,8-9,15H2,1-2H3. The SMILES string of the molecule is CCC1CCCN1C(CN)c1cnccc1C. The maximum Gasteiger partial charge on any atom is 0.0491 e. The van der Waals surface area contributed by atoms with E-state index < -0.39 is 0 Å². The molecule has 0 bridgehead atoms. The van der Waals surface area contributed by atoms with Gasteiger partial charge in [0.05, 0.1) is 0 Å². The predicted molar refractivity (Wildman–Crippen MR) is 70.8 cm³/mol. The van der Waals surface area contributed by atoms with E-state index in [1.54, 1.807) is 0 Å². The number of nitrogens with zero attached hydrogens (tertiary/aromatic N) is 2. The summed E-state index contributed by atoms with van der Waals surface area (Å²) < 4.78 is 0. The number of hydrogen-bond donors (Lipinski definition) is 1. The minimum Gasteiger partial charge on any atom is -0.329 e. The van der Waals surface area contributed by atoms with Crippen LogP contribution in [0.4, 0.5) is 0 Å². The van der Waals surface area contributed by atoms with Gasteiger partial charge in [0.15, 0.2) is 0 Å². The molecular formula is C14H23N3. The summed E-state index contributed by atoms with van der Waals surface area (Å²) in [6.45, 7) is 6.28. The molecule has 1 aliphatic heterocycles. The van der Waals surface area contributed by atoms with Gasteiger partial charge in [-0.2, -0.15) is 0 Å². The van der Waals surface area contributed by atoms with E-state index in [4.69, 9.17) is 5.73 Å². The fourth-order valence-electron chi connectivity index (χ4n) is 2.97. The number of hydrogen-bond acceptors (Lipinski definition) is 3. The number of rotatable bonds is 4. The minimum atomic E-state index is 0.344. The Morgan fingerprint density at radius 1 is 1.59 bits per heavy atom. The van der Waals surface area contributed by atoms with E-state index in [-0.39, 0.29) is 0 Å². The van der Waals surface area contributed by atoms with Crippen molar-refractivity contribution in [2.75, 3.05) is 13.1 Å². The largest absolute Gasteiger partial charge is 0.329 e. The van der Waals surface area contributed by atoms with Crippen LogP contribution in [0, 0.1) is 6.92 Å². The molecule has 1 aromatic heterocycles. The van der Waals surface area contributed by atoms with Gasteiger partial charge in [-0.05, 0) is 49.9 Å². The molecule has 94 valence electrons. The molecule has 0 aromatic carbocycles.